The Hall–Kier alpha value is -2.97. The van der Waals surface area contributed by atoms with Crippen LogP contribution in [0.3, 0.4) is 0 Å². The van der Waals surface area contributed by atoms with E-state index < -0.39 is 22.0 Å². The van der Waals surface area contributed by atoms with Gasteiger partial charge in [-0.05, 0) is 74.8 Å². The van der Waals surface area contributed by atoms with Gasteiger partial charge in [-0.25, -0.2) is 18.0 Å². The fourth-order valence-corrected chi connectivity index (χ4v) is 5.51. The zero-order chi connectivity index (χ0) is 24.5. The largest absolute Gasteiger partial charge is 0.425 e. The fraction of sp³-hybridized carbons (Fsp3) is 0.385. The number of fused-ring (bicyclic) bond motifs is 3. The number of ether oxygens (including phenoxy) is 1. The molecule has 1 aromatic heterocycles. The minimum absolute atomic E-state index is 0.0411. The predicted octanol–water partition coefficient (Wildman–Crippen LogP) is 4.28. The Balaban J connectivity index is 1.59. The Morgan fingerprint density at radius 3 is 2.41 bits per heavy atom. The van der Waals surface area contributed by atoms with Gasteiger partial charge in [0.15, 0.2) is 0 Å². The van der Waals surface area contributed by atoms with Crippen LogP contribution in [0.2, 0.25) is 0 Å². The zero-order valence-corrected chi connectivity index (χ0v) is 20.4. The van der Waals surface area contributed by atoms with Crippen LogP contribution in [0, 0.1) is 12.8 Å². The van der Waals surface area contributed by atoms with Crippen LogP contribution in [0.4, 0.5) is 0 Å². The highest BCUT2D eigenvalue weighted by atomic mass is 32.2. The summed E-state index contributed by atoms with van der Waals surface area (Å²) in [4.78, 5) is 25.5. The van der Waals surface area contributed by atoms with Gasteiger partial charge in [-0.15, -0.1) is 0 Å². The number of benzene rings is 2. The molecule has 7 nitrogen and oxygen atoms in total. The van der Waals surface area contributed by atoms with E-state index in [1.54, 1.807) is 24.3 Å². The number of esters is 1. The third-order valence-corrected chi connectivity index (χ3v) is 7.52. The maximum Gasteiger partial charge on any atom is 0.339 e. The van der Waals surface area contributed by atoms with E-state index in [1.807, 2.05) is 20.8 Å². The maximum atomic E-state index is 13.0. The average Bonchev–Trinajstić information content (AvgIpc) is 2.78. The normalized spacial score (nSPS) is 14.7. The van der Waals surface area contributed by atoms with Crippen LogP contribution in [0.1, 0.15) is 49.8 Å². The van der Waals surface area contributed by atoms with Crippen molar-refractivity contribution in [2.24, 2.45) is 5.92 Å². The molecule has 1 heterocycles. The minimum Gasteiger partial charge on any atom is -0.425 e. The lowest BCUT2D eigenvalue weighted by molar-refractivity contribution is -0.136. The lowest BCUT2D eigenvalue weighted by Crippen LogP contribution is -2.43. The Kier molecular flexibility index (Phi) is 6.91. The van der Waals surface area contributed by atoms with Gasteiger partial charge in [0.05, 0.1) is 4.90 Å². The van der Waals surface area contributed by atoms with Gasteiger partial charge >= 0.3 is 11.6 Å². The molecule has 34 heavy (non-hydrogen) atoms. The summed E-state index contributed by atoms with van der Waals surface area (Å²) in [6.07, 6.45) is 3.77. The summed E-state index contributed by atoms with van der Waals surface area (Å²) in [5, 5.41) is 0.841. The second-order valence-corrected chi connectivity index (χ2v) is 11.0. The molecule has 1 aliphatic carbocycles. The van der Waals surface area contributed by atoms with Gasteiger partial charge in [-0.1, -0.05) is 31.5 Å². The number of sulfonamides is 1. The minimum atomic E-state index is -3.92. The summed E-state index contributed by atoms with van der Waals surface area (Å²) in [5.41, 5.74) is 2.66. The smallest absolute Gasteiger partial charge is 0.339 e. The molecule has 0 saturated heterocycles. The molecule has 1 N–H and O–H groups in total. The van der Waals surface area contributed by atoms with Crippen molar-refractivity contribution in [3.05, 3.63) is 69.6 Å². The highest BCUT2D eigenvalue weighted by molar-refractivity contribution is 7.89. The number of nitrogens with one attached hydrogen (secondary N) is 1. The molecule has 0 spiro atoms. The van der Waals surface area contributed by atoms with E-state index in [0.29, 0.717) is 12.0 Å². The van der Waals surface area contributed by atoms with Gasteiger partial charge in [-0.3, -0.25) is 0 Å². The first-order valence-electron chi connectivity index (χ1n) is 11.5. The molecule has 0 unspecified atom stereocenters. The molecule has 0 bridgehead atoms. The van der Waals surface area contributed by atoms with E-state index in [4.69, 9.17) is 9.15 Å². The van der Waals surface area contributed by atoms with Crippen LogP contribution in [0.15, 0.2) is 56.6 Å². The van der Waals surface area contributed by atoms with Crippen molar-refractivity contribution < 1.29 is 22.4 Å². The Labute approximate surface area is 199 Å². The first-order valence-corrected chi connectivity index (χ1v) is 13.0. The predicted molar refractivity (Wildman–Crippen MR) is 130 cm³/mol. The topological polar surface area (TPSA) is 103 Å². The monoisotopic (exact) mass is 483 g/mol. The fourth-order valence-electron chi connectivity index (χ4n) is 4.31. The van der Waals surface area contributed by atoms with Gasteiger partial charge in [0.25, 0.3) is 0 Å². The highest BCUT2D eigenvalue weighted by Crippen LogP contribution is 2.29. The quantitative estimate of drug-likeness (QED) is 0.306. The van der Waals surface area contributed by atoms with E-state index in [9.17, 15) is 18.0 Å². The second-order valence-electron chi connectivity index (χ2n) is 9.25. The van der Waals surface area contributed by atoms with Crippen LogP contribution in [0.25, 0.3) is 11.0 Å². The molecule has 180 valence electrons. The Bertz CT molecular complexity index is 1370. The molecule has 0 amide bonds. The zero-order valence-electron chi connectivity index (χ0n) is 19.6. The molecule has 2 aromatic carbocycles. The molecule has 8 heteroatoms. The number of hydrogen-bond acceptors (Lipinski definition) is 6. The summed E-state index contributed by atoms with van der Waals surface area (Å²) in [7, 11) is -3.92. The van der Waals surface area contributed by atoms with Crippen molar-refractivity contribution in [3.8, 4) is 5.75 Å². The van der Waals surface area contributed by atoms with Crippen LogP contribution in [-0.4, -0.2) is 20.4 Å². The first kappa shape index (κ1) is 24.2. The molecular formula is C26H29NO6S. The van der Waals surface area contributed by atoms with E-state index in [0.717, 1.165) is 41.3 Å². The molecule has 0 saturated carbocycles. The standard InChI is InChI=1S/C26H29NO6S/c1-16(2)14-23(27-34(30,31)19-11-8-17(3)9-12-19)26(29)32-18-10-13-21-20-6-4-5-7-22(20)25(28)33-24(21)15-18/h8-13,15-16,23,27H,4-7,14H2,1-3H3/t23-/m0/s1. The molecule has 1 atom stereocenters. The average molecular weight is 484 g/mol. The number of hydrogen-bond donors (Lipinski definition) is 1. The van der Waals surface area contributed by atoms with Crippen LogP contribution >= 0.6 is 0 Å². The van der Waals surface area contributed by atoms with E-state index in [2.05, 4.69) is 4.72 Å². The summed E-state index contributed by atoms with van der Waals surface area (Å²) >= 11 is 0. The first-order chi connectivity index (χ1) is 16.1. The lowest BCUT2D eigenvalue weighted by atomic mass is 9.91. The van der Waals surface area contributed by atoms with E-state index in [-0.39, 0.29) is 28.6 Å². The van der Waals surface area contributed by atoms with Crippen molar-refractivity contribution in [1.82, 2.24) is 4.72 Å². The van der Waals surface area contributed by atoms with Gasteiger partial charge in [-0.2, -0.15) is 4.72 Å². The SMILES string of the molecule is Cc1ccc(S(=O)(=O)N[C@@H](CC(C)C)C(=O)Oc2ccc3c4c(c(=O)oc3c2)CCCC4)cc1. The number of carbonyl (C=O) groups excluding carboxylic acids is 1. The summed E-state index contributed by atoms with van der Waals surface area (Å²) in [5.74, 6) is -0.483. The summed E-state index contributed by atoms with van der Waals surface area (Å²) < 4.78 is 39.3. The third kappa shape index (κ3) is 5.23. The van der Waals surface area contributed by atoms with Crippen LogP contribution in [0.5, 0.6) is 5.75 Å². The maximum absolute atomic E-state index is 13.0. The molecule has 0 radical (unpaired) electrons. The number of carbonyl (C=O) groups is 1. The molecule has 4 rings (SSSR count). The molecule has 0 fully saturated rings. The molecule has 1 aliphatic rings. The van der Waals surface area contributed by atoms with Crippen molar-refractivity contribution in [2.45, 2.75) is 63.8 Å². The Morgan fingerprint density at radius 1 is 1.06 bits per heavy atom. The van der Waals surface area contributed by atoms with Gasteiger partial charge in [0, 0.05) is 17.0 Å². The summed E-state index contributed by atoms with van der Waals surface area (Å²) in [6.45, 7) is 5.66. The van der Waals surface area contributed by atoms with E-state index >= 15 is 0 Å². The van der Waals surface area contributed by atoms with E-state index in [1.165, 1.54) is 18.2 Å². The molecule has 0 aliphatic heterocycles. The van der Waals surface area contributed by atoms with Crippen LogP contribution < -0.4 is 15.1 Å². The molecular weight excluding hydrogens is 454 g/mol. The highest BCUT2D eigenvalue weighted by Gasteiger charge is 2.28. The lowest BCUT2D eigenvalue weighted by Gasteiger charge is -2.20. The third-order valence-electron chi connectivity index (χ3n) is 6.03. The van der Waals surface area contributed by atoms with Gasteiger partial charge in [0.2, 0.25) is 10.0 Å². The summed E-state index contributed by atoms with van der Waals surface area (Å²) in [6, 6.07) is 10.3. The van der Waals surface area contributed by atoms with Crippen molar-refractivity contribution >= 4 is 27.0 Å². The Morgan fingerprint density at radius 2 is 1.74 bits per heavy atom. The van der Waals surface area contributed by atoms with Crippen molar-refractivity contribution in [2.75, 3.05) is 0 Å². The van der Waals surface area contributed by atoms with Crippen molar-refractivity contribution in [1.29, 1.82) is 0 Å². The number of rotatable bonds is 7. The van der Waals surface area contributed by atoms with Gasteiger partial charge in [0.1, 0.15) is 17.4 Å². The molecule has 3 aromatic rings. The van der Waals surface area contributed by atoms with Gasteiger partial charge < -0.3 is 9.15 Å². The van der Waals surface area contributed by atoms with Crippen molar-refractivity contribution in [3.63, 3.8) is 0 Å². The van der Waals surface area contributed by atoms with Crippen LogP contribution in [-0.2, 0) is 27.7 Å². The number of aryl methyl sites for hydroxylation is 2. The second kappa shape index (κ2) is 9.72.